The molecule has 1 aliphatic rings. The van der Waals surface area contributed by atoms with Crippen molar-refractivity contribution in [1.82, 2.24) is 0 Å². The maximum atomic E-state index is 13.6. The van der Waals surface area contributed by atoms with E-state index >= 15 is 0 Å². The highest BCUT2D eigenvalue weighted by Gasteiger charge is 2.48. The molecule has 0 radical (unpaired) electrons. The highest BCUT2D eigenvalue weighted by molar-refractivity contribution is 5.88. The number of phenols is 4. The molecule has 0 unspecified atom stereocenters. The van der Waals surface area contributed by atoms with Gasteiger partial charge in [0, 0.05) is 23.8 Å². The zero-order valence-electron chi connectivity index (χ0n) is 21.1. The van der Waals surface area contributed by atoms with Gasteiger partial charge in [-0.05, 0) is 48.0 Å². The Morgan fingerprint density at radius 3 is 2.24 bits per heavy atom. The van der Waals surface area contributed by atoms with Crippen molar-refractivity contribution in [1.29, 1.82) is 0 Å². The van der Waals surface area contributed by atoms with Crippen molar-refractivity contribution >= 4 is 23.0 Å². The summed E-state index contributed by atoms with van der Waals surface area (Å²) in [6.45, 7) is -0.671. The summed E-state index contributed by atoms with van der Waals surface area (Å²) in [6, 6.07) is 13.5. The van der Waals surface area contributed by atoms with Gasteiger partial charge >= 0.3 is 5.97 Å². The highest BCUT2D eigenvalue weighted by Crippen LogP contribution is 2.38. The minimum Gasteiger partial charge on any atom is -0.508 e. The first-order chi connectivity index (χ1) is 19.6. The minimum absolute atomic E-state index is 0.0425. The molecule has 0 aliphatic carbocycles. The topological polar surface area (TPSA) is 196 Å². The van der Waals surface area contributed by atoms with E-state index in [4.69, 9.17) is 18.6 Å². The number of benzene rings is 3. The summed E-state index contributed by atoms with van der Waals surface area (Å²) in [4.78, 5) is 26.2. The number of hydrogen-bond donors (Lipinski definition) is 6. The molecule has 0 spiro atoms. The summed E-state index contributed by atoms with van der Waals surface area (Å²) in [5, 5.41) is 59.5. The van der Waals surface area contributed by atoms with Crippen molar-refractivity contribution in [3.63, 3.8) is 0 Å². The third-order valence-corrected chi connectivity index (χ3v) is 6.31. The molecule has 1 aliphatic heterocycles. The van der Waals surface area contributed by atoms with Crippen LogP contribution < -0.4 is 10.2 Å². The van der Waals surface area contributed by atoms with Crippen molar-refractivity contribution in [3.8, 4) is 40.1 Å². The molecule has 5 rings (SSSR count). The predicted octanol–water partition coefficient (Wildman–Crippen LogP) is 2.36. The maximum Gasteiger partial charge on any atom is 0.331 e. The number of esters is 1. The summed E-state index contributed by atoms with van der Waals surface area (Å²) in [5.74, 6) is -2.59. The van der Waals surface area contributed by atoms with Gasteiger partial charge in [-0.2, -0.15) is 0 Å². The van der Waals surface area contributed by atoms with Crippen LogP contribution in [0.3, 0.4) is 0 Å². The molecule has 4 aromatic rings. The molecule has 12 nitrogen and oxygen atoms in total. The molecule has 1 saturated heterocycles. The predicted molar refractivity (Wildman–Crippen MR) is 142 cm³/mol. The number of carbonyl (C=O) groups is 1. The van der Waals surface area contributed by atoms with E-state index in [9.17, 15) is 40.2 Å². The molecule has 0 bridgehead atoms. The van der Waals surface area contributed by atoms with E-state index in [1.807, 2.05) is 0 Å². The highest BCUT2D eigenvalue weighted by atomic mass is 16.7. The summed E-state index contributed by atoms with van der Waals surface area (Å²) in [6.07, 6.45) is -3.44. The smallest absolute Gasteiger partial charge is 0.331 e. The van der Waals surface area contributed by atoms with Crippen LogP contribution in [0.5, 0.6) is 28.7 Å². The normalized spacial score (nSPS) is 20.4. The SMILES string of the molecule is O=C(/C=C/c1ccc(O)cc1)O[C@H]1[C@H](Oc2c(-c3ccc(O)cc3)oc3cc(O)cc(O)c3c2=O)O[C@H](CO)[C@@H]1O. The van der Waals surface area contributed by atoms with Gasteiger partial charge in [-0.3, -0.25) is 4.79 Å². The Hall–Kier alpha value is -5.04. The summed E-state index contributed by atoms with van der Waals surface area (Å²) >= 11 is 0. The van der Waals surface area contributed by atoms with Crippen LogP contribution in [0.1, 0.15) is 5.56 Å². The number of aromatic hydroxyl groups is 4. The number of hydrogen-bond acceptors (Lipinski definition) is 12. The van der Waals surface area contributed by atoms with Crippen LogP contribution in [0.4, 0.5) is 0 Å². The Kier molecular flexibility index (Phi) is 7.53. The van der Waals surface area contributed by atoms with Gasteiger partial charge in [0.2, 0.25) is 17.5 Å². The Labute approximate surface area is 231 Å². The first-order valence-electron chi connectivity index (χ1n) is 12.3. The zero-order valence-corrected chi connectivity index (χ0v) is 21.1. The van der Waals surface area contributed by atoms with E-state index in [0.29, 0.717) is 5.56 Å². The lowest BCUT2D eigenvalue weighted by atomic mass is 10.1. The van der Waals surface area contributed by atoms with Gasteiger partial charge in [0.1, 0.15) is 46.2 Å². The molecule has 1 fully saturated rings. The quantitative estimate of drug-likeness (QED) is 0.142. The average Bonchev–Trinajstić information content (AvgIpc) is 3.23. The van der Waals surface area contributed by atoms with Crippen LogP contribution in [0.2, 0.25) is 0 Å². The molecule has 212 valence electrons. The van der Waals surface area contributed by atoms with Gasteiger partial charge in [-0.1, -0.05) is 12.1 Å². The van der Waals surface area contributed by atoms with Crippen molar-refractivity contribution in [2.75, 3.05) is 6.61 Å². The fraction of sp³-hybridized carbons (Fsp3) is 0.172. The van der Waals surface area contributed by atoms with Crippen LogP contribution in [-0.4, -0.2) is 67.8 Å². The molecule has 41 heavy (non-hydrogen) atoms. The van der Waals surface area contributed by atoms with Crippen LogP contribution in [-0.2, 0) is 14.3 Å². The van der Waals surface area contributed by atoms with Gasteiger partial charge in [-0.25, -0.2) is 4.79 Å². The van der Waals surface area contributed by atoms with Crippen molar-refractivity contribution in [3.05, 3.63) is 82.5 Å². The Morgan fingerprint density at radius 1 is 0.927 bits per heavy atom. The van der Waals surface area contributed by atoms with Gasteiger partial charge in [0.15, 0.2) is 11.9 Å². The number of rotatable bonds is 7. The molecule has 2 heterocycles. The largest absolute Gasteiger partial charge is 0.508 e. The molecule has 3 aromatic carbocycles. The summed E-state index contributed by atoms with van der Waals surface area (Å²) in [5.41, 5.74) is -0.232. The first kappa shape index (κ1) is 27.5. The van der Waals surface area contributed by atoms with E-state index < -0.39 is 54.1 Å². The Balaban J connectivity index is 1.52. The third-order valence-electron chi connectivity index (χ3n) is 6.31. The third kappa shape index (κ3) is 5.65. The molecular formula is C29H24O12. The van der Waals surface area contributed by atoms with Gasteiger partial charge in [-0.15, -0.1) is 0 Å². The molecule has 4 atom stereocenters. The van der Waals surface area contributed by atoms with Crippen molar-refractivity contribution in [2.24, 2.45) is 0 Å². The van der Waals surface area contributed by atoms with Crippen LogP contribution in [0.15, 0.2) is 76.0 Å². The minimum atomic E-state index is -1.61. The van der Waals surface area contributed by atoms with Crippen LogP contribution in [0, 0.1) is 0 Å². The fourth-order valence-electron chi connectivity index (χ4n) is 4.29. The average molecular weight is 564 g/mol. The van der Waals surface area contributed by atoms with E-state index in [2.05, 4.69) is 0 Å². The second-order valence-electron chi connectivity index (χ2n) is 9.13. The van der Waals surface area contributed by atoms with E-state index in [1.165, 1.54) is 42.5 Å². The number of aliphatic hydroxyl groups excluding tert-OH is 2. The number of ether oxygens (including phenoxy) is 3. The van der Waals surface area contributed by atoms with Crippen molar-refractivity contribution in [2.45, 2.75) is 24.6 Å². The lowest BCUT2D eigenvalue weighted by Crippen LogP contribution is -2.40. The van der Waals surface area contributed by atoms with Gasteiger partial charge in [0.25, 0.3) is 0 Å². The number of carbonyl (C=O) groups excluding carboxylic acids is 1. The Bertz CT molecular complexity index is 1660. The van der Waals surface area contributed by atoms with E-state index in [1.54, 1.807) is 12.1 Å². The monoisotopic (exact) mass is 564 g/mol. The number of phenolic OH excluding ortho intramolecular Hbond substituents is 4. The summed E-state index contributed by atoms with van der Waals surface area (Å²) in [7, 11) is 0. The Morgan fingerprint density at radius 2 is 1.59 bits per heavy atom. The molecule has 1 aromatic heterocycles. The van der Waals surface area contributed by atoms with Crippen LogP contribution in [0.25, 0.3) is 28.4 Å². The summed E-state index contributed by atoms with van der Waals surface area (Å²) < 4.78 is 22.6. The van der Waals surface area contributed by atoms with E-state index in [0.717, 1.165) is 18.2 Å². The maximum absolute atomic E-state index is 13.6. The lowest BCUT2D eigenvalue weighted by molar-refractivity contribution is -0.162. The lowest BCUT2D eigenvalue weighted by Gasteiger charge is -2.22. The van der Waals surface area contributed by atoms with Gasteiger partial charge < -0.3 is 49.3 Å². The number of aliphatic hydroxyl groups is 2. The van der Waals surface area contributed by atoms with Crippen LogP contribution >= 0.6 is 0 Å². The fourth-order valence-corrected chi connectivity index (χ4v) is 4.29. The first-order valence-corrected chi connectivity index (χ1v) is 12.3. The van der Waals surface area contributed by atoms with Gasteiger partial charge in [0.05, 0.1) is 6.61 Å². The molecular weight excluding hydrogens is 540 g/mol. The standard InChI is InChI=1S/C29H24O12/c30-13-21-24(36)28(40-22(35)10-3-14-1-6-16(31)7-2-14)29(39-21)41-27-25(37)23-19(34)11-18(33)12-20(23)38-26(27)15-4-8-17(32)9-5-15/h1-12,21,24,28-34,36H,13H2/b10-3+/t21-,24+,28-,29+/m1/s1. The molecule has 6 N–H and O–H groups in total. The second kappa shape index (κ2) is 11.2. The second-order valence-corrected chi connectivity index (χ2v) is 9.13. The zero-order chi connectivity index (χ0) is 29.3. The number of fused-ring (bicyclic) bond motifs is 1. The molecule has 0 amide bonds. The molecule has 0 saturated carbocycles. The molecule has 12 heteroatoms. The van der Waals surface area contributed by atoms with E-state index in [-0.39, 0.29) is 39.5 Å². The van der Waals surface area contributed by atoms with Crippen molar-refractivity contribution < 1.29 is 54.1 Å².